The largest absolute Gasteiger partial charge is 0.355 e. The lowest BCUT2D eigenvalue weighted by molar-refractivity contribution is 0.382. The predicted molar refractivity (Wildman–Crippen MR) is 131 cm³/mol. The number of thioether (sulfide) groups is 1. The van der Waals surface area contributed by atoms with Gasteiger partial charge in [-0.1, -0.05) is 32.0 Å². The van der Waals surface area contributed by atoms with Gasteiger partial charge in [-0.2, -0.15) is 11.8 Å². The van der Waals surface area contributed by atoms with Gasteiger partial charge in [-0.3, -0.25) is 9.30 Å². The fraction of sp³-hybridized carbons (Fsp3) is 0.632. The summed E-state index contributed by atoms with van der Waals surface area (Å²) in [6, 6.07) is 7.75. The van der Waals surface area contributed by atoms with Crippen LogP contribution >= 0.6 is 35.7 Å². The van der Waals surface area contributed by atoms with Crippen molar-refractivity contribution in [3.8, 4) is 0 Å². The Bertz CT molecular complexity index is 786. The van der Waals surface area contributed by atoms with Crippen LogP contribution in [0.5, 0.6) is 0 Å². The van der Waals surface area contributed by atoms with E-state index in [2.05, 4.69) is 29.1 Å². The monoisotopic (exact) mass is 538 g/mol. The second kappa shape index (κ2) is 10.4. The van der Waals surface area contributed by atoms with Crippen LogP contribution in [-0.4, -0.2) is 69.3 Å². The summed E-state index contributed by atoms with van der Waals surface area (Å²) in [4.78, 5) is 6.62. The number of aliphatic imine (C=N–C) groups is 1. The van der Waals surface area contributed by atoms with Crippen molar-refractivity contribution >= 4 is 57.4 Å². The molecule has 2 aliphatic heterocycles. The molecule has 0 amide bonds. The molecule has 0 aliphatic carbocycles. The minimum atomic E-state index is -3.34. The number of nitrogens with zero attached hydrogens (tertiary/aromatic N) is 3. The van der Waals surface area contributed by atoms with Crippen LogP contribution in [0.15, 0.2) is 29.3 Å². The molecule has 0 radical (unpaired) electrons. The van der Waals surface area contributed by atoms with Crippen LogP contribution < -0.4 is 9.62 Å². The zero-order chi connectivity index (χ0) is 19.4. The molecule has 1 fully saturated rings. The van der Waals surface area contributed by atoms with E-state index in [1.54, 1.807) is 11.4 Å². The molecule has 0 aromatic heterocycles. The number of nitrogens with one attached hydrogen (secondary N) is 1. The van der Waals surface area contributed by atoms with Gasteiger partial charge < -0.3 is 10.2 Å². The molecule has 0 spiro atoms. The van der Waals surface area contributed by atoms with Crippen molar-refractivity contribution in [1.29, 1.82) is 0 Å². The third-order valence-electron chi connectivity index (χ3n) is 5.17. The Balaban J connectivity index is 0.00000280. The van der Waals surface area contributed by atoms with Gasteiger partial charge in [0.1, 0.15) is 0 Å². The Morgan fingerprint density at radius 1 is 1.32 bits per heavy atom. The first-order valence-electron chi connectivity index (χ1n) is 9.58. The number of halogens is 1. The summed E-state index contributed by atoms with van der Waals surface area (Å²) in [5.74, 6) is 2.56. The Hall–Kier alpha value is -0.680. The summed E-state index contributed by atoms with van der Waals surface area (Å²) >= 11 is 2.01. The number of fused-ring (bicyclic) bond motifs is 1. The quantitative estimate of drug-likeness (QED) is 0.355. The Labute approximate surface area is 190 Å². The van der Waals surface area contributed by atoms with Crippen LogP contribution in [0.25, 0.3) is 0 Å². The topological polar surface area (TPSA) is 65.0 Å². The molecule has 158 valence electrons. The zero-order valence-corrected chi connectivity index (χ0v) is 20.8. The molecule has 1 saturated heterocycles. The summed E-state index contributed by atoms with van der Waals surface area (Å²) < 4.78 is 27.2. The summed E-state index contributed by atoms with van der Waals surface area (Å²) in [5.41, 5.74) is 1.94. The molecule has 9 heteroatoms. The molecule has 2 aliphatic rings. The first-order chi connectivity index (χ1) is 12.9. The van der Waals surface area contributed by atoms with Gasteiger partial charge in [0.05, 0.1) is 11.4 Å². The normalized spacial score (nSPS) is 20.1. The molecule has 1 aromatic rings. The van der Waals surface area contributed by atoms with Crippen molar-refractivity contribution in [2.24, 2.45) is 10.9 Å². The number of benzene rings is 1. The van der Waals surface area contributed by atoms with Crippen LogP contribution in [0, 0.1) is 5.92 Å². The van der Waals surface area contributed by atoms with Crippen molar-refractivity contribution in [2.75, 3.05) is 49.0 Å². The summed E-state index contributed by atoms with van der Waals surface area (Å²) in [6.07, 6.45) is 0.784. The van der Waals surface area contributed by atoms with E-state index in [1.165, 1.54) is 0 Å². The molecule has 0 saturated carbocycles. The molecule has 1 aromatic carbocycles. The number of para-hydroxylation sites is 1. The average Bonchev–Trinajstić information content (AvgIpc) is 3.10. The third-order valence-corrected chi connectivity index (χ3v) is 8.48. The molecule has 1 N–H and O–H groups in total. The maximum absolute atomic E-state index is 12.8. The van der Waals surface area contributed by atoms with Gasteiger partial charge in [0, 0.05) is 44.2 Å². The van der Waals surface area contributed by atoms with Crippen molar-refractivity contribution < 1.29 is 8.42 Å². The maximum Gasteiger partial charge on any atom is 0.236 e. The van der Waals surface area contributed by atoms with Gasteiger partial charge in [0.15, 0.2) is 5.96 Å². The number of rotatable bonds is 5. The van der Waals surface area contributed by atoms with E-state index < -0.39 is 10.0 Å². The molecule has 1 unspecified atom stereocenters. The molecule has 3 rings (SSSR count). The lowest BCUT2D eigenvalue weighted by Gasteiger charge is -2.36. The van der Waals surface area contributed by atoms with Gasteiger partial charge in [-0.15, -0.1) is 24.0 Å². The van der Waals surface area contributed by atoms with Gasteiger partial charge in [0.2, 0.25) is 10.0 Å². The highest BCUT2D eigenvalue weighted by Crippen LogP contribution is 2.30. The number of anilines is 1. The van der Waals surface area contributed by atoms with Gasteiger partial charge in [0.25, 0.3) is 0 Å². The van der Waals surface area contributed by atoms with Crippen LogP contribution in [0.4, 0.5) is 5.69 Å². The van der Waals surface area contributed by atoms with Crippen LogP contribution in [-0.2, 0) is 16.4 Å². The first-order valence-corrected chi connectivity index (χ1v) is 12.2. The summed E-state index contributed by atoms with van der Waals surface area (Å²) in [7, 11) is -1.58. The van der Waals surface area contributed by atoms with E-state index in [9.17, 15) is 8.42 Å². The smallest absolute Gasteiger partial charge is 0.236 e. The number of hydrogen-bond donors (Lipinski definition) is 1. The highest BCUT2D eigenvalue weighted by molar-refractivity contribution is 14.0. The van der Waals surface area contributed by atoms with Gasteiger partial charge in [-0.05, 0) is 24.0 Å². The standard InChI is InChI=1S/C19H30N4O2S2.HI/c1-15(2)18-14-22(11-12-26-18)19(20-3)21-9-13-27(24,25)23-10-8-16-6-4-5-7-17(16)23;/h4-7,15,18H,8-14H2,1-3H3,(H,20,21);1H. The number of sulfonamides is 1. The van der Waals surface area contributed by atoms with Crippen molar-refractivity contribution in [2.45, 2.75) is 25.5 Å². The average molecular weight is 539 g/mol. The first kappa shape index (κ1) is 23.6. The van der Waals surface area contributed by atoms with E-state index in [-0.39, 0.29) is 29.7 Å². The maximum atomic E-state index is 12.8. The lowest BCUT2D eigenvalue weighted by atomic mass is 10.1. The Kier molecular flexibility index (Phi) is 8.75. The van der Waals surface area contributed by atoms with Crippen molar-refractivity contribution in [3.05, 3.63) is 29.8 Å². The van der Waals surface area contributed by atoms with Crippen molar-refractivity contribution in [1.82, 2.24) is 10.2 Å². The fourth-order valence-electron chi connectivity index (χ4n) is 3.60. The number of guanidine groups is 1. The summed E-state index contributed by atoms with van der Waals surface area (Å²) in [6.45, 7) is 7.29. The molecule has 1 atom stereocenters. The van der Waals surface area contributed by atoms with Crippen LogP contribution in [0.1, 0.15) is 19.4 Å². The summed E-state index contributed by atoms with van der Waals surface area (Å²) in [5, 5.41) is 3.85. The van der Waals surface area contributed by atoms with E-state index in [4.69, 9.17) is 0 Å². The molecular weight excluding hydrogens is 507 g/mol. The second-order valence-corrected chi connectivity index (χ2v) is 10.7. The van der Waals surface area contributed by atoms with E-state index in [1.807, 2.05) is 36.0 Å². The molecule has 0 bridgehead atoms. The highest BCUT2D eigenvalue weighted by atomic mass is 127. The SMILES string of the molecule is CN=C(NCCS(=O)(=O)N1CCc2ccccc21)N1CCSC(C(C)C)C1.I. The number of hydrogen-bond acceptors (Lipinski definition) is 4. The molecule has 28 heavy (non-hydrogen) atoms. The molecule has 2 heterocycles. The van der Waals surface area contributed by atoms with E-state index in [0.29, 0.717) is 24.3 Å². The minimum absolute atomic E-state index is 0. The van der Waals surface area contributed by atoms with Crippen LogP contribution in [0.3, 0.4) is 0 Å². The molecule has 6 nitrogen and oxygen atoms in total. The third kappa shape index (κ3) is 5.47. The van der Waals surface area contributed by atoms with E-state index >= 15 is 0 Å². The predicted octanol–water partition coefficient (Wildman–Crippen LogP) is 2.65. The van der Waals surface area contributed by atoms with Crippen molar-refractivity contribution in [3.63, 3.8) is 0 Å². The highest BCUT2D eigenvalue weighted by Gasteiger charge is 2.29. The molecular formula is C19H31IN4O2S2. The van der Waals surface area contributed by atoms with Crippen LogP contribution in [0.2, 0.25) is 0 Å². The fourth-order valence-corrected chi connectivity index (χ4v) is 6.33. The lowest BCUT2D eigenvalue weighted by Crippen LogP contribution is -2.50. The Morgan fingerprint density at radius 3 is 2.79 bits per heavy atom. The Morgan fingerprint density at radius 2 is 2.07 bits per heavy atom. The van der Waals surface area contributed by atoms with Gasteiger partial charge in [-0.25, -0.2) is 8.42 Å². The zero-order valence-electron chi connectivity index (χ0n) is 16.8. The minimum Gasteiger partial charge on any atom is -0.355 e. The van der Waals surface area contributed by atoms with E-state index in [0.717, 1.165) is 42.5 Å². The van der Waals surface area contributed by atoms with Gasteiger partial charge >= 0.3 is 0 Å². The second-order valence-electron chi connectivity index (χ2n) is 7.34.